The van der Waals surface area contributed by atoms with Crippen LogP contribution in [0.3, 0.4) is 0 Å². The van der Waals surface area contributed by atoms with Crippen molar-refractivity contribution in [2.75, 3.05) is 6.54 Å². The molecule has 0 radical (unpaired) electrons. The number of hydrogen-bond acceptors (Lipinski definition) is 2. The Labute approximate surface area is 109 Å². The molecule has 0 amide bonds. The fraction of sp³-hybridized carbons (Fsp3) is 0.571. The Kier molecular flexibility index (Phi) is 2.94. The standard InChI is InChI=1S/C14H19NO2S/c1-11-5-7-14(8-6-11)18(16,17)15-10-12-3-2-4-13(15)9-12/h5-8,12-13H,2-4,9-10H2,1H3/t12-,13+/m0/s1. The van der Waals surface area contributed by atoms with E-state index in [0.717, 1.165) is 24.9 Å². The zero-order chi connectivity index (χ0) is 12.8. The van der Waals surface area contributed by atoms with Crippen molar-refractivity contribution in [2.45, 2.75) is 43.5 Å². The van der Waals surface area contributed by atoms with E-state index in [0.29, 0.717) is 10.8 Å². The van der Waals surface area contributed by atoms with Gasteiger partial charge in [-0.05, 0) is 44.2 Å². The van der Waals surface area contributed by atoms with Crippen molar-refractivity contribution >= 4 is 10.0 Å². The van der Waals surface area contributed by atoms with Crippen molar-refractivity contribution in [3.63, 3.8) is 0 Å². The fourth-order valence-corrected chi connectivity index (χ4v) is 4.98. The first-order valence-corrected chi connectivity index (χ1v) is 8.10. The lowest BCUT2D eigenvalue weighted by atomic mass is 9.91. The molecule has 0 spiro atoms. The van der Waals surface area contributed by atoms with Gasteiger partial charge in [0.15, 0.2) is 0 Å². The Bertz CT molecular complexity index is 535. The predicted octanol–water partition coefficient (Wildman–Crippen LogP) is 2.56. The number of nitrogens with zero attached hydrogens (tertiary/aromatic N) is 1. The summed E-state index contributed by atoms with van der Waals surface area (Å²) in [5.41, 5.74) is 1.09. The highest BCUT2D eigenvalue weighted by molar-refractivity contribution is 7.89. The number of rotatable bonds is 2. The SMILES string of the molecule is Cc1ccc(S(=O)(=O)N2C[C@H]3CCC[C@@H]2C3)cc1. The molecule has 0 aromatic heterocycles. The quantitative estimate of drug-likeness (QED) is 0.824. The van der Waals surface area contributed by atoms with Gasteiger partial charge >= 0.3 is 0 Å². The van der Waals surface area contributed by atoms with E-state index in [4.69, 9.17) is 0 Å². The van der Waals surface area contributed by atoms with Crippen molar-refractivity contribution in [1.29, 1.82) is 0 Å². The second-order valence-electron chi connectivity index (χ2n) is 5.57. The molecule has 0 N–H and O–H groups in total. The topological polar surface area (TPSA) is 37.4 Å². The van der Waals surface area contributed by atoms with Crippen LogP contribution in [0.5, 0.6) is 0 Å². The minimum Gasteiger partial charge on any atom is -0.207 e. The molecule has 1 aromatic rings. The summed E-state index contributed by atoms with van der Waals surface area (Å²) >= 11 is 0. The third-order valence-corrected chi connectivity index (χ3v) is 6.16. The van der Waals surface area contributed by atoms with Gasteiger partial charge in [-0.25, -0.2) is 8.42 Å². The molecule has 4 heteroatoms. The molecule has 18 heavy (non-hydrogen) atoms. The van der Waals surface area contributed by atoms with Crippen molar-refractivity contribution in [2.24, 2.45) is 5.92 Å². The molecule has 3 nitrogen and oxygen atoms in total. The van der Waals surface area contributed by atoms with E-state index < -0.39 is 10.0 Å². The van der Waals surface area contributed by atoms with Crippen LogP contribution in [0.4, 0.5) is 0 Å². The molecular formula is C14H19NO2S. The first-order chi connectivity index (χ1) is 8.57. The second kappa shape index (κ2) is 4.35. The maximum atomic E-state index is 12.6. The van der Waals surface area contributed by atoms with Crippen LogP contribution in [-0.2, 0) is 10.0 Å². The Morgan fingerprint density at radius 2 is 1.89 bits per heavy atom. The Morgan fingerprint density at radius 3 is 2.56 bits per heavy atom. The Morgan fingerprint density at radius 1 is 1.17 bits per heavy atom. The summed E-state index contributed by atoms with van der Waals surface area (Å²) in [7, 11) is -3.28. The molecule has 1 aliphatic heterocycles. The van der Waals surface area contributed by atoms with Crippen molar-refractivity contribution in [3.8, 4) is 0 Å². The minimum absolute atomic E-state index is 0.245. The minimum atomic E-state index is -3.28. The van der Waals surface area contributed by atoms with Gasteiger partial charge in [0.25, 0.3) is 0 Å². The number of sulfonamides is 1. The molecule has 1 aliphatic carbocycles. The van der Waals surface area contributed by atoms with Gasteiger partial charge in [-0.1, -0.05) is 24.1 Å². The average molecular weight is 265 g/mol. The molecule has 3 rings (SSSR count). The zero-order valence-electron chi connectivity index (χ0n) is 10.7. The average Bonchev–Trinajstić information content (AvgIpc) is 2.65. The molecule has 2 atom stereocenters. The number of benzene rings is 1. The molecule has 98 valence electrons. The molecule has 2 aliphatic rings. The van der Waals surface area contributed by atoms with E-state index in [1.807, 2.05) is 19.1 Å². The lowest BCUT2D eigenvalue weighted by molar-refractivity contribution is 0.356. The van der Waals surface area contributed by atoms with E-state index in [1.165, 1.54) is 12.8 Å². The normalized spacial score (nSPS) is 28.5. The summed E-state index contributed by atoms with van der Waals surface area (Å²) < 4.78 is 27.0. The molecule has 1 saturated heterocycles. The van der Waals surface area contributed by atoms with Crippen LogP contribution in [0.15, 0.2) is 29.2 Å². The van der Waals surface area contributed by atoms with Gasteiger partial charge in [0.05, 0.1) is 4.90 Å². The highest BCUT2D eigenvalue weighted by Gasteiger charge is 2.41. The molecule has 1 saturated carbocycles. The van der Waals surface area contributed by atoms with Crippen LogP contribution in [0.1, 0.15) is 31.2 Å². The van der Waals surface area contributed by atoms with Crippen molar-refractivity contribution < 1.29 is 8.42 Å². The van der Waals surface area contributed by atoms with Gasteiger partial charge in [0.2, 0.25) is 10.0 Å². The lowest BCUT2D eigenvalue weighted by Crippen LogP contribution is -2.35. The third-order valence-electron chi connectivity index (χ3n) is 4.23. The highest BCUT2D eigenvalue weighted by Crippen LogP contribution is 2.38. The summed E-state index contributed by atoms with van der Waals surface area (Å²) in [6.07, 6.45) is 4.46. The van der Waals surface area contributed by atoms with Crippen LogP contribution in [0.25, 0.3) is 0 Å². The van der Waals surface area contributed by atoms with Gasteiger partial charge in [0.1, 0.15) is 0 Å². The van der Waals surface area contributed by atoms with Gasteiger partial charge in [-0.15, -0.1) is 0 Å². The van der Waals surface area contributed by atoms with Crippen LogP contribution < -0.4 is 0 Å². The van der Waals surface area contributed by atoms with Crippen molar-refractivity contribution in [1.82, 2.24) is 4.31 Å². The largest absolute Gasteiger partial charge is 0.243 e. The van der Waals surface area contributed by atoms with Gasteiger partial charge in [-0.2, -0.15) is 4.31 Å². The van der Waals surface area contributed by atoms with E-state index in [1.54, 1.807) is 16.4 Å². The molecule has 2 fully saturated rings. The van der Waals surface area contributed by atoms with E-state index in [2.05, 4.69) is 0 Å². The predicted molar refractivity (Wildman–Crippen MR) is 70.8 cm³/mol. The molecule has 2 bridgehead atoms. The van der Waals surface area contributed by atoms with Crippen molar-refractivity contribution in [3.05, 3.63) is 29.8 Å². The van der Waals surface area contributed by atoms with Gasteiger partial charge in [0, 0.05) is 12.6 Å². The van der Waals surface area contributed by atoms with Crippen LogP contribution in [0.2, 0.25) is 0 Å². The number of hydrogen-bond donors (Lipinski definition) is 0. The number of fused-ring (bicyclic) bond motifs is 2. The molecule has 0 unspecified atom stereocenters. The molecule has 1 aromatic carbocycles. The van der Waals surface area contributed by atoms with Crippen LogP contribution in [0, 0.1) is 12.8 Å². The Hall–Kier alpha value is -0.870. The summed E-state index contributed by atoms with van der Waals surface area (Å²) in [5, 5.41) is 0. The first kappa shape index (κ1) is 12.2. The molecular weight excluding hydrogens is 246 g/mol. The monoisotopic (exact) mass is 265 g/mol. The van der Waals surface area contributed by atoms with Gasteiger partial charge < -0.3 is 0 Å². The maximum Gasteiger partial charge on any atom is 0.243 e. The van der Waals surface area contributed by atoms with E-state index in [9.17, 15) is 8.42 Å². The van der Waals surface area contributed by atoms with Gasteiger partial charge in [-0.3, -0.25) is 0 Å². The third kappa shape index (κ3) is 1.97. The van der Waals surface area contributed by atoms with E-state index in [-0.39, 0.29) is 6.04 Å². The molecule has 1 heterocycles. The number of aryl methyl sites for hydroxylation is 1. The summed E-state index contributed by atoms with van der Waals surface area (Å²) in [4.78, 5) is 0.445. The zero-order valence-corrected chi connectivity index (χ0v) is 11.5. The smallest absolute Gasteiger partial charge is 0.207 e. The van der Waals surface area contributed by atoms with E-state index >= 15 is 0 Å². The van der Waals surface area contributed by atoms with Crippen LogP contribution in [-0.4, -0.2) is 25.3 Å². The maximum absolute atomic E-state index is 12.6. The second-order valence-corrected chi connectivity index (χ2v) is 7.46. The van der Waals surface area contributed by atoms with Crippen LogP contribution >= 0.6 is 0 Å². The summed E-state index contributed by atoms with van der Waals surface area (Å²) in [5.74, 6) is 0.587. The fourth-order valence-electron chi connectivity index (χ4n) is 3.23. The Balaban J connectivity index is 1.93. The summed E-state index contributed by atoms with van der Waals surface area (Å²) in [6.45, 7) is 2.69. The lowest BCUT2D eigenvalue weighted by Gasteiger charge is -2.24. The highest BCUT2D eigenvalue weighted by atomic mass is 32.2. The summed E-state index contributed by atoms with van der Waals surface area (Å²) in [6, 6.07) is 7.44. The first-order valence-electron chi connectivity index (χ1n) is 6.66.